The number of para-hydroxylation sites is 4. The zero-order valence-corrected chi connectivity index (χ0v) is 27.0. The molecule has 3 nitrogen and oxygen atoms in total. The highest BCUT2D eigenvalue weighted by atomic mass is 15.0. The standard InChI is InChI=1S/C48H31N3/c1-2-13-32(14-3-1)33-25-27-34(28-26-33)49-44-22-11-7-18-40(44)48-45(49)23-12-24-46(48)51-43-21-10-6-17-38(43)39-30-29-35(31-47(39)51)50-41-19-8-4-15-36(41)37-16-5-9-20-42(37)50/h1-31H/i1D,2D,3D,13D,14D,25D,26D,27D,28D. The molecule has 11 rings (SSSR count). The Morgan fingerprint density at radius 3 is 1.47 bits per heavy atom. The SMILES string of the molecule is [2H]c1c([2H])c([2H])c(-c2c([2H])c([2H])c(-n3c4ccccc4c4c(-n5c6ccccc6c6ccc(-n7c8ccccc8c8ccccc87)cc65)cccc43)c([2H])c2[2H])c([2H])c1[2H]. The first kappa shape index (κ1) is 20.6. The summed E-state index contributed by atoms with van der Waals surface area (Å²) in [7, 11) is 0. The number of hydrogen-bond donors (Lipinski definition) is 0. The van der Waals surface area contributed by atoms with Gasteiger partial charge >= 0.3 is 0 Å². The fourth-order valence-electron chi connectivity index (χ4n) is 7.90. The van der Waals surface area contributed by atoms with E-state index in [1.54, 1.807) is 4.57 Å². The third-order valence-corrected chi connectivity index (χ3v) is 10.00. The van der Waals surface area contributed by atoms with Gasteiger partial charge in [0.25, 0.3) is 0 Å². The van der Waals surface area contributed by atoms with Crippen molar-refractivity contribution in [3.8, 4) is 28.2 Å². The van der Waals surface area contributed by atoms with Crippen molar-refractivity contribution in [1.82, 2.24) is 13.7 Å². The summed E-state index contributed by atoms with van der Waals surface area (Å²) < 4.78 is 85.1. The molecule has 0 N–H and O–H groups in total. The first-order valence-corrected chi connectivity index (χ1v) is 16.8. The first-order valence-electron chi connectivity index (χ1n) is 21.3. The van der Waals surface area contributed by atoms with Crippen molar-refractivity contribution in [1.29, 1.82) is 0 Å². The van der Waals surface area contributed by atoms with Crippen molar-refractivity contribution in [3.63, 3.8) is 0 Å². The second kappa shape index (κ2) is 10.8. The molecule has 0 fully saturated rings. The molecule has 3 heteroatoms. The molecular formula is C48H31N3. The second-order valence-corrected chi connectivity index (χ2v) is 12.7. The Morgan fingerprint density at radius 2 is 0.824 bits per heavy atom. The quantitative estimate of drug-likeness (QED) is 0.179. The third-order valence-electron chi connectivity index (χ3n) is 10.00. The fourth-order valence-corrected chi connectivity index (χ4v) is 7.90. The van der Waals surface area contributed by atoms with Crippen LogP contribution >= 0.6 is 0 Å². The Hall–Kier alpha value is -6.84. The highest BCUT2D eigenvalue weighted by Crippen LogP contribution is 2.41. The minimum atomic E-state index is -0.617. The summed E-state index contributed by atoms with van der Waals surface area (Å²) in [6, 6.07) is 40.5. The van der Waals surface area contributed by atoms with Crippen molar-refractivity contribution >= 4 is 65.4 Å². The van der Waals surface area contributed by atoms with Gasteiger partial charge in [-0.2, -0.15) is 0 Å². The molecular weight excluding hydrogens is 619 g/mol. The van der Waals surface area contributed by atoms with E-state index >= 15 is 0 Å². The summed E-state index contributed by atoms with van der Waals surface area (Å²) in [5, 5.41) is 6.15. The molecule has 0 saturated heterocycles. The Kier molecular flexibility index (Phi) is 4.38. The van der Waals surface area contributed by atoms with Gasteiger partial charge < -0.3 is 13.7 Å². The number of hydrogen-bond acceptors (Lipinski definition) is 0. The minimum absolute atomic E-state index is 0.0136. The zero-order valence-electron chi connectivity index (χ0n) is 36.0. The van der Waals surface area contributed by atoms with Crippen LogP contribution in [0.1, 0.15) is 12.3 Å². The van der Waals surface area contributed by atoms with Crippen LogP contribution in [0.25, 0.3) is 93.6 Å². The van der Waals surface area contributed by atoms with Crippen molar-refractivity contribution in [3.05, 3.63) is 188 Å². The summed E-state index contributed by atoms with van der Waals surface area (Å²) in [6.07, 6.45) is 0. The van der Waals surface area contributed by atoms with E-state index in [-0.39, 0.29) is 16.8 Å². The summed E-state index contributed by atoms with van der Waals surface area (Å²) in [6.45, 7) is 0. The van der Waals surface area contributed by atoms with Crippen LogP contribution in [-0.2, 0) is 0 Å². The van der Waals surface area contributed by atoms with Crippen LogP contribution in [0.2, 0.25) is 0 Å². The lowest BCUT2D eigenvalue weighted by atomic mass is 10.1. The van der Waals surface area contributed by atoms with Gasteiger partial charge in [-0.25, -0.2) is 0 Å². The molecule has 0 saturated carbocycles. The zero-order chi connectivity index (χ0) is 41.3. The molecule has 0 radical (unpaired) electrons. The molecule has 0 aliphatic rings. The van der Waals surface area contributed by atoms with Gasteiger partial charge in [0.2, 0.25) is 0 Å². The molecule has 3 aromatic heterocycles. The number of rotatable bonds is 4. The summed E-state index contributed by atoms with van der Waals surface area (Å²) in [5.74, 6) is 0. The van der Waals surface area contributed by atoms with E-state index in [0.29, 0.717) is 11.0 Å². The Balaban J connectivity index is 1.21. The normalized spacial score (nSPS) is 14.4. The smallest absolute Gasteiger partial charge is 0.0645 e. The number of nitrogens with zero attached hydrogens (tertiary/aromatic N) is 3. The third kappa shape index (κ3) is 4.06. The van der Waals surface area contributed by atoms with Gasteiger partial charge in [-0.3, -0.25) is 0 Å². The van der Waals surface area contributed by atoms with Crippen LogP contribution in [0, 0.1) is 0 Å². The van der Waals surface area contributed by atoms with Crippen molar-refractivity contribution < 1.29 is 12.3 Å². The molecule has 0 atom stereocenters. The average molecular weight is 659 g/mol. The lowest BCUT2D eigenvalue weighted by Crippen LogP contribution is -1.98. The molecule has 0 aliphatic heterocycles. The topological polar surface area (TPSA) is 14.8 Å². The Labute approximate surface area is 307 Å². The van der Waals surface area contributed by atoms with Crippen LogP contribution in [-0.4, -0.2) is 13.7 Å². The molecule has 3 heterocycles. The lowest BCUT2D eigenvalue weighted by molar-refractivity contribution is 1.16. The van der Waals surface area contributed by atoms with Crippen LogP contribution in [0.5, 0.6) is 0 Å². The highest BCUT2D eigenvalue weighted by Gasteiger charge is 2.20. The maximum absolute atomic E-state index is 9.38. The number of benzene rings is 8. The van der Waals surface area contributed by atoms with Crippen LogP contribution < -0.4 is 0 Å². The second-order valence-electron chi connectivity index (χ2n) is 12.7. The lowest BCUT2D eigenvalue weighted by Gasteiger charge is -2.13. The van der Waals surface area contributed by atoms with Gasteiger partial charge in [0.05, 0.1) is 51.1 Å². The van der Waals surface area contributed by atoms with Gasteiger partial charge in [0.15, 0.2) is 0 Å². The van der Waals surface area contributed by atoms with Gasteiger partial charge in [0.1, 0.15) is 0 Å². The van der Waals surface area contributed by atoms with E-state index in [1.165, 1.54) is 10.8 Å². The Morgan fingerprint density at radius 1 is 0.333 bits per heavy atom. The van der Waals surface area contributed by atoms with Crippen molar-refractivity contribution in [2.45, 2.75) is 0 Å². The summed E-state index contributed by atoms with van der Waals surface area (Å²) >= 11 is 0. The maximum atomic E-state index is 9.38. The van der Waals surface area contributed by atoms with E-state index in [0.717, 1.165) is 55.0 Å². The van der Waals surface area contributed by atoms with E-state index in [4.69, 9.17) is 6.85 Å². The molecule has 51 heavy (non-hydrogen) atoms. The molecule has 0 aliphatic carbocycles. The molecule has 8 aromatic carbocycles. The maximum Gasteiger partial charge on any atom is 0.0645 e. The molecule has 0 amide bonds. The van der Waals surface area contributed by atoms with E-state index < -0.39 is 54.4 Å². The minimum Gasteiger partial charge on any atom is -0.309 e. The van der Waals surface area contributed by atoms with E-state index in [2.05, 4.69) is 94.1 Å². The average Bonchev–Trinajstić information content (AvgIpc) is 3.91. The molecule has 11 aromatic rings. The van der Waals surface area contributed by atoms with Gasteiger partial charge in [-0.05, 0) is 71.7 Å². The fraction of sp³-hybridized carbons (Fsp3) is 0. The van der Waals surface area contributed by atoms with Gasteiger partial charge in [-0.15, -0.1) is 0 Å². The van der Waals surface area contributed by atoms with E-state index in [1.807, 2.05) is 48.5 Å². The first-order chi connectivity index (χ1) is 29.1. The molecule has 0 bridgehead atoms. The predicted molar refractivity (Wildman–Crippen MR) is 215 cm³/mol. The summed E-state index contributed by atoms with van der Waals surface area (Å²) in [4.78, 5) is 0. The molecule has 0 unspecified atom stereocenters. The van der Waals surface area contributed by atoms with E-state index in [9.17, 15) is 5.48 Å². The highest BCUT2D eigenvalue weighted by molar-refractivity contribution is 6.17. The molecule has 238 valence electrons. The number of fused-ring (bicyclic) bond motifs is 9. The van der Waals surface area contributed by atoms with Crippen molar-refractivity contribution in [2.24, 2.45) is 0 Å². The summed E-state index contributed by atoms with van der Waals surface area (Å²) in [5.41, 5.74) is 6.60. The predicted octanol–water partition coefficient (Wildman–Crippen LogP) is 12.6. The molecule has 0 spiro atoms. The van der Waals surface area contributed by atoms with Gasteiger partial charge in [-0.1, -0.05) is 127 Å². The largest absolute Gasteiger partial charge is 0.309 e. The van der Waals surface area contributed by atoms with Crippen LogP contribution in [0.15, 0.2) is 188 Å². The van der Waals surface area contributed by atoms with Gasteiger partial charge in [0, 0.05) is 43.7 Å². The Bertz CT molecular complexity index is 3560. The monoisotopic (exact) mass is 658 g/mol. The van der Waals surface area contributed by atoms with Crippen molar-refractivity contribution in [2.75, 3.05) is 0 Å². The van der Waals surface area contributed by atoms with Crippen LogP contribution in [0.4, 0.5) is 0 Å². The van der Waals surface area contributed by atoms with Crippen LogP contribution in [0.3, 0.4) is 0 Å². The number of aromatic nitrogens is 3.